The van der Waals surface area contributed by atoms with Gasteiger partial charge in [0.05, 0.1) is 18.8 Å². The van der Waals surface area contributed by atoms with Crippen LogP contribution in [0.3, 0.4) is 0 Å². The Morgan fingerprint density at radius 2 is 1.88 bits per heavy atom. The summed E-state index contributed by atoms with van der Waals surface area (Å²) in [5.74, 6) is 1.27. The number of hydrogen-bond donors (Lipinski definition) is 0. The zero-order chi connectivity index (χ0) is 23.4. The number of halogens is 2. The smallest absolute Gasteiger partial charge is 0.338 e. The first-order valence-electron chi connectivity index (χ1n) is 13.1. The van der Waals surface area contributed by atoms with E-state index >= 15 is 0 Å². The van der Waals surface area contributed by atoms with Gasteiger partial charge in [-0.3, -0.25) is 4.90 Å². The van der Waals surface area contributed by atoms with E-state index < -0.39 is 23.2 Å². The molecular formula is C27H35F2NO4. The second-order valence-electron chi connectivity index (χ2n) is 11.2. The van der Waals surface area contributed by atoms with Crippen molar-refractivity contribution in [2.75, 3.05) is 39.5 Å². The molecule has 6 rings (SSSR count). The van der Waals surface area contributed by atoms with E-state index in [1.54, 1.807) is 0 Å². The molecule has 7 heteroatoms. The first-order chi connectivity index (χ1) is 16.5. The van der Waals surface area contributed by atoms with Crippen molar-refractivity contribution in [1.29, 1.82) is 0 Å². The fourth-order valence-electron chi connectivity index (χ4n) is 8.44. The molecule has 0 amide bonds. The third-order valence-electron chi connectivity index (χ3n) is 9.78. The van der Waals surface area contributed by atoms with E-state index in [2.05, 4.69) is 11.8 Å². The van der Waals surface area contributed by atoms with Crippen LogP contribution >= 0.6 is 0 Å². The summed E-state index contributed by atoms with van der Waals surface area (Å²) in [6.07, 6.45) is 6.84. The molecule has 0 radical (unpaired) electrons. The molecule has 5 aliphatic rings. The van der Waals surface area contributed by atoms with Gasteiger partial charge in [0, 0.05) is 25.6 Å². The lowest BCUT2D eigenvalue weighted by atomic mass is 9.65. The van der Waals surface area contributed by atoms with Gasteiger partial charge < -0.3 is 14.2 Å². The number of esters is 1. The summed E-state index contributed by atoms with van der Waals surface area (Å²) in [7, 11) is 0. The third kappa shape index (κ3) is 3.65. The molecule has 1 aromatic carbocycles. The van der Waals surface area contributed by atoms with Crippen LogP contribution in [0.5, 0.6) is 5.75 Å². The number of nitrogens with zero attached hydrogens (tertiary/aromatic N) is 1. The average molecular weight is 476 g/mol. The van der Waals surface area contributed by atoms with E-state index in [1.807, 2.05) is 0 Å². The number of fused-ring (bicyclic) bond motifs is 9. The van der Waals surface area contributed by atoms with Crippen molar-refractivity contribution in [1.82, 2.24) is 4.90 Å². The number of morpholine rings is 1. The fourth-order valence-corrected chi connectivity index (χ4v) is 8.44. The summed E-state index contributed by atoms with van der Waals surface area (Å²) in [6, 6.07) is 2.27. The minimum absolute atomic E-state index is 0.00286. The molecule has 5 nitrogen and oxygen atoms in total. The van der Waals surface area contributed by atoms with Gasteiger partial charge in [-0.15, -0.1) is 0 Å². The summed E-state index contributed by atoms with van der Waals surface area (Å²) in [5, 5.41) is 0. The van der Waals surface area contributed by atoms with E-state index in [-0.39, 0.29) is 17.9 Å². The maximum absolute atomic E-state index is 14.9. The maximum Gasteiger partial charge on any atom is 0.338 e. The van der Waals surface area contributed by atoms with Gasteiger partial charge >= 0.3 is 5.97 Å². The van der Waals surface area contributed by atoms with Gasteiger partial charge in [-0.1, -0.05) is 6.92 Å². The summed E-state index contributed by atoms with van der Waals surface area (Å²) in [6.45, 7) is 5.82. The van der Waals surface area contributed by atoms with Gasteiger partial charge in [-0.25, -0.2) is 9.18 Å². The van der Waals surface area contributed by atoms with Gasteiger partial charge in [0.2, 0.25) is 5.82 Å². The summed E-state index contributed by atoms with van der Waals surface area (Å²) < 4.78 is 46.6. The van der Waals surface area contributed by atoms with Crippen LogP contribution in [-0.2, 0) is 9.47 Å². The molecule has 4 saturated carbocycles. The van der Waals surface area contributed by atoms with Gasteiger partial charge in [-0.05, 0) is 80.2 Å². The molecule has 5 fully saturated rings. The zero-order valence-corrected chi connectivity index (χ0v) is 19.9. The van der Waals surface area contributed by atoms with Crippen LogP contribution in [-0.4, -0.2) is 55.9 Å². The first-order valence-corrected chi connectivity index (χ1v) is 13.1. The van der Waals surface area contributed by atoms with E-state index in [0.29, 0.717) is 37.5 Å². The molecule has 34 heavy (non-hydrogen) atoms. The molecule has 7 atom stereocenters. The van der Waals surface area contributed by atoms with Crippen LogP contribution in [0, 0.1) is 47.1 Å². The minimum Gasteiger partial charge on any atom is -0.484 e. The van der Waals surface area contributed by atoms with E-state index in [0.717, 1.165) is 56.2 Å². The van der Waals surface area contributed by atoms with Crippen molar-refractivity contribution < 1.29 is 27.8 Å². The van der Waals surface area contributed by atoms with Gasteiger partial charge in [-0.2, -0.15) is 4.39 Å². The van der Waals surface area contributed by atoms with E-state index in [9.17, 15) is 13.6 Å². The summed E-state index contributed by atoms with van der Waals surface area (Å²) in [5.41, 5.74) is -0.467. The van der Waals surface area contributed by atoms with Crippen LogP contribution in [0.25, 0.3) is 0 Å². The van der Waals surface area contributed by atoms with Crippen molar-refractivity contribution in [3.8, 4) is 5.75 Å². The monoisotopic (exact) mass is 475 g/mol. The van der Waals surface area contributed by atoms with E-state index in [4.69, 9.17) is 14.2 Å². The number of carbonyl (C=O) groups is 1. The fraction of sp³-hybridized carbons (Fsp3) is 0.741. The Bertz CT molecular complexity index is 951. The highest BCUT2D eigenvalue weighted by Gasteiger charge is 2.67. The van der Waals surface area contributed by atoms with Crippen LogP contribution in [0.2, 0.25) is 0 Å². The lowest BCUT2D eigenvalue weighted by molar-refractivity contribution is -0.0488. The highest BCUT2D eigenvalue weighted by atomic mass is 19.2. The molecule has 7 unspecified atom stereocenters. The van der Waals surface area contributed by atoms with Crippen molar-refractivity contribution in [3.63, 3.8) is 0 Å². The number of hydrogen-bond acceptors (Lipinski definition) is 5. The molecule has 1 aliphatic heterocycles. The molecule has 1 heterocycles. The maximum atomic E-state index is 14.9. The zero-order valence-electron chi connectivity index (χ0n) is 19.9. The number of benzene rings is 1. The molecule has 0 aromatic heterocycles. The average Bonchev–Trinajstić information content (AvgIpc) is 3.62. The predicted molar refractivity (Wildman–Crippen MR) is 122 cm³/mol. The van der Waals surface area contributed by atoms with Crippen LogP contribution < -0.4 is 4.74 Å². The lowest BCUT2D eigenvalue weighted by Crippen LogP contribution is -2.48. The van der Waals surface area contributed by atoms with Crippen molar-refractivity contribution in [2.24, 2.45) is 35.5 Å². The Hall–Kier alpha value is -1.73. The molecule has 1 aromatic rings. The minimum atomic E-state index is -1.06. The molecule has 0 N–H and O–H groups in total. The van der Waals surface area contributed by atoms with Crippen LogP contribution in [0.15, 0.2) is 12.1 Å². The van der Waals surface area contributed by atoms with Crippen molar-refractivity contribution in [3.05, 3.63) is 29.3 Å². The standard InChI is InChI=1S/C27H35F2NO4/c1-2-27(15-19-12-20(27)24-17-4-3-16(11-17)23(19)24)34-22-14-18(13-21(28)25(22)29)26(31)33-10-7-30-5-8-32-9-6-30/h13-14,16-17,19-20,23-24H,2-12,15H2,1H3. The normalized spacial score (nSPS) is 38.3. The van der Waals surface area contributed by atoms with Gasteiger partial charge in [0.15, 0.2) is 11.6 Å². The quantitative estimate of drug-likeness (QED) is 0.423. The van der Waals surface area contributed by atoms with E-state index in [1.165, 1.54) is 25.3 Å². The topological polar surface area (TPSA) is 48.0 Å². The van der Waals surface area contributed by atoms with Crippen LogP contribution in [0.4, 0.5) is 8.78 Å². The van der Waals surface area contributed by atoms with Crippen molar-refractivity contribution in [2.45, 2.75) is 51.0 Å². The Morgan fingerprint density at radius 3 is 2.65 bits per heavy atom. The highest BCUT2D eigenvalue weighted by molar-refractivity contribution is 5.90. The van der Waals surface area contributed by atoms with Crippen molar-refractivity contribution >= 4 is 5.97 Å². The van der Waals surface area contributed by atoms with Gasteiger partial charge in [0.25, 0.3) is 0 Å². The Balaban J connectivity index is 1.17. The van der Waals surface area contributed by atoms with Gasteiger partial charge in [0.1, 0.15) is 12.2 Å². The molecule has 0 spiro atoms. The Kier molecular flexibility index (Phi) is 5.84. The molecule has 186 valence electrons. The number of carbonyl (C=O) groups excluding carboxylic acids is 1. The largest absolute Gasteiger partial charge is 0.484 e. The Morgan fingerprint density at radius 1 is 1.12 bits per heavy atom. The van der Waals surface area contributed by atoms with Crippen LogP contribution in [0.1, 0.15) is 55.8 Å². The molecule has 4 bridgehead atoms. The third-order valence-corrected chi connectivity index (χ3v) is 9.78. The second-order valence-corrected chi connectivity index (χ2v) is 11.2. The summed E-state index contributed by atoms with van der Waals surface area (Å²) in [4.78, 5) is 14.8. The number of ether oxygens (including phenoxy) is 3. The highest BCUT2D eigenvalue weighted by Crippen LogP contribution is 2.70. The first kappa shape index (κ1) is 22.7. The predicted octanol–water partition coefficient (Wildman–Crippen LogP) is 4.68. The number of rotatable bonds is 7. The lowest BCUT2D eigenvalue weighted by Gasteiger charge is -2.46. The molecular weight excluding hydrogens is 440 g/mol. The summed E-state index contributed by atoms with van der Waals surface area (Å²) >= 11 is 0. The SMILES string of the molecule is CCC1(Oc2cc(C(=O)OCCN3CCOCC3)cc(F)c2F)CC2CC1C1C3CCC(C3)C21. The second kappa shape index (κ2) is 8.74. The Labute approximate surface area is 200 Å². The molecule has 4 aliphatic carbocycles. The molecule has 1 saturated heterocycles.